The Bertz CT molecular complexity index is 386. The van der Waals surface area contributed by atoms with E-state index in [-0.39, 0.29) is 5.54 Å². The van der Waals surface area contributed by atoms with Gasteiger partial charge in [-0.25, -0.2) is 4.98 Å². The molecule has 4 heteroatoms. The molecule has 1 saturated heterocycles. The maximum atomic E-state index is 4.69. The second-order valence-electron chi connectivity index (χ2n) is 6.54. The van der Waals surface area contributed by atoms with E-state index in [1.807, 2.05) is 0 Å². The zero-order chi connectivity index (χ0) is 13.9. The Balaban J connectivity index is 1.79. The van der Waals surface area contributed by atoms with Gasteiger partial charge in [-0.1, -0.05) is 6.92 Å². The van der Waals surface area contributed by atoms with Crippen molar-refractivity contribution in [2.75, 3.05) is 24.5 Å². The molecule has 108 valence electrons. The normalized spacial score (nSPS) is 18.0. The molecule has 0 bridgehead atoms. The van der Waals surface area contributed by atoms with Crippen molar-refractivity contribution in [1.82, 2.24) is 10.3 Å². The van der Waals surface area contributed by atoms with Gasteiger partial charge in [-0.3, -0.25) is 0 Å². The van der Waals surface area contributed by atoms with Crippen molar-refractivity contribution in [3.05, 3.63) is 11.1 Å². The average Bonchev–Trinajstić information content (AvgIpc) is 2.85. The highest BCUT2D eigenvalue weighted by Gasteiger charge is 2.22. The Hall–Kier alpha value is -0.610. The lowest BCUT2D eigenvalue weighted by molar-refractivity contribution is 0.329. The van der Waals surface area contributed by atoms with E-state index in [4.69, 9.17) is 4.98 Å². The zero-order valence-electron chi connectivity index (χ0n) is 12.7. The molecule has 0 unspecified atom stereocenters. The molecule has 19 heavy (non-hydrogen) atoms. The molecule has 1 aliphatic rings. The second kappa shape index (κ2) is 6.23. The van der Waals surface area contributed by atoms with Crippen molar-refractivity contribution in [1.29, 1.82) is 0 Å². The van der Waals surface area contributed by atoms with E-state index in [2.05, 4.69) is 43.3 Å². The summed E-state index contributed by atoms with van der Waals surface area (Å²) in [6.07, 6.45) is 3.61. The predicted octanol–water partition coefficient (Wildman–Crippen LogP) is 3.31. The monoisotopic (exact) mass is 281 g/mol. The lowest BCUT2D eigenvalue weighted by Gasteiger charge is -2.33. The van der Waals surface area contributed by atoms with E-state index in [9.17, 15) is 0 Å². The highest BCUT2D eigenvalue weighted by Crippen LogP contribution is 2.26. The fourth-order valence-electron chi connectivity index (χ4n) is 2.38. The average molecular weight is 281 g/mol. The third-order valence-corrected chi connectivity index (χ3v) is 4.66. The molecule has 0 atom stereocenters. The molecular formula is C15H27N3S. The van der Waals surface area contributed by atoms with E-state index >= 15 is 0 Å². The molecule has 3 nitrogen and oxygen atoms in total. The molecular weight excluding hydrogens is 254 g/mol. The van der Waals surface area contributed by atoms with E-state index in [1.165, 1.54) is 23.7 Å². The van der Waals surface area contributed by atoms with Crippen LogP contribution in [0.1, 0.15) is 46.2 Å². The van der Waals surface area contributed by atoms with Gasteiger partial charge in [0.1, 0.15) is 0 Å². The van der Waals surface area contributed by atoms with Crippen LogP contribution in [0.25, 0.3) is 0 Å². The fourth-order valence-corrected chi connectivity index (χ4v) is 3.35. The van der Waals surface area contributed by atoms with Crippen molar-refractivity contribution in [3.8, 4) is 0 Å². The first-order valence-corrected chi connectivity index (χ1v) is 8.30. The first kappa shape index (κ1) is 14.8. The Labute approximate surface area is 121 Å². The summed E-state index contributed by atoms with van der Waals surface area (Å²) in [6.45, 7) is 12.4. The standard InChI is InChI=1S/C15H27N3S/c1-5-13-11-19-14(17-13)18-8-6-12(7-9-18)10-16-15(2,3)4/h11-12,16H,5-10H2,1-4H3. The van der Waals surface area contributed by atoms with Crippen molar-refractivity contribution in [2.45, 2.75) is 52.5 Å². The van der Waals surface area contributed by atoms with Crippen LogP contribution in [0.2, 0.25) is 0 Å². The van der Waals surface area contributed by atoms with Gasteiger partial charge < -0.3 is 10.2 Å². The Morgan fingerprint density at radius 3 is 2.58 bits per heavy atom. The second-order valence-corrected chi connectivity index (χ2v) is 7.37. The molecule has 2 heterocycles. The molecule has 2 rings (SSSR count). The van der Waals surface area contributed by atoms with Gasteiger partial charge in [0.15, 0.2) is 5.13 Å². The third kappa shape index (κ3) is 4.46. The van der Waals surface area contributed by atoms with Gasteiger partial charge in [-0.2, -0.15) is 0 Å². The summed E-state index contributed by atoms with van der Waals surface area (Å²) in [7, 11) is 0. The van der Waals surface area contributed by atoms with Gasteiger partial charge >= 0.3 is 0 Å². The third-order valence-electron chi connectivity index (χ3n) is 3.71. The molecule has 1 aromatic heterocycles. The maximum Gasteiger partial charge on any atom is 0.185 e. The summed E-state index contributed by atoms with van der Waals surface area (Å²) in [4.78, 5) is 7.15. The van der Waals surface area contributed by atoms with Crippen LogP contribution in [-0.2, 0) is 6.42 Å². The number of aromatic nitrogens is 1. The largest absolute Gasteiger partial charge is 0.348 e. The van der Waals surface area contributed by atoms with E-state index in [1.54, 1.807) is 11.3 Å². The summed E-state index contributed by atoms with van der Waals surface area (Å²) < 4.78 is 0. The van der Waals surface area contributed by atoms with Gasteiger partial charge in [-0.05, 0) is 52.5 Å². The molecule has 1 N–H and O–H groups in total. The van der Waals surface area contributed by atoms with Crippen molar-refractivity contribution in [3.63, 3.8) is 0 Å². The maximum absolute atomic E-state index is 4.69. The van der Waals surface area contributed by atoms with Crippen molar-refractivity contribution >= 4 is 16.5 Å². The van der Waals surface area contributed by atoms with E-state index in [0.717, 1.165) is 32.0 Å². The first-order chi connectivity index (χ1) is 8.98. The summed E-state index contributed by atoms with van der Waals surface area (Å²) in [5.41, 5.74) is 1.47. The van der Waals surface area contributed by atoms with Gasteiger partial charge in [0, 0.05) is 24.0 Å². The van der Waals surface area contributed by atoms with Crippen LogP contribution in [-0.4, -0.2) is 30.2 Å². The molecule has 0 radical (unpaired) electrons. The number of nitrogens with one attached hydrogen (secondary N) is 1. The van der Waals surface area contributed by atoms with Crippen LogP contribution in [0.5, 0.6) is 0 Å². The van der Waals surface area contributed by atoms with E-state index < -0.39 is 0 Å². The lowest BCUT2D eigenvalue weighted by Crippen LogP contribution is -2.43. The quantitative estimate of drug-likeness (QED) is 0.918. The van der Waals surface area contributed by atoms with Gasteiger partial charge in [0.2, 0.25) is 0 Å². The van der Waals surface area contributed by atoms with Crippen LogP contribution in [0, 0.1) is 5.92 Å². The zero-order valence-corrected chi connectivity index (χ0v) is 13.5. The number of thiazole rings is 1. The molecule has 1 aliphatic heterocycles. The summed E-state index contributed by atoms with van der Waals surface area (Å²) in [5.74, 6) is 0.820. The highest BCUT2D eigenvalue weighted by molar-refractivity contribution is 7.13. The van der Waals surface area contributed by atoms with Crippen LogP contribution >= 0.6 is 11.3 Å². The van der Waals surface area contributed by atoms with Crippen LogP contribution in [0.3, 0.4) is 0 Å². The van der Waals surface area contributed by atoms with Gasteiger partial charge in [-0.15, -0.1) is 11.3 Å². The molecule has 1 aromatic rings. The molecule has 0 amide bonds. The number of hydrogen-bond acceptors (Lipinski definition) is 4. The minimum absolute atomic E-state index is 0.239. The van der Waals surface area contributed by atoms with Gasteiger partial charge in [0.25, 0.3) is 0 Å². The van der Waals surface area contributed by atoms with Crippen molar-refractivity contribution in [2.24, 2.45) is 5.92 Å². The molecule has 0 aromatic carbocycles. The number of hydrogen-bond donors (Lipinski definition) is 1. The minimum Gasteiger partial charge on any atom is -0.348 e. The molecule has 0 spiro atoms. The fraction of sp³-hybridized carbons (Fsp3) is 0.800. The van der Waals surface area contributed by atoms with Crippen LogP contribution < -0.4 is 10.2 Å². The molecule has 1 fully saturated rings. The Kier molecular flexibility index (Phi) is 4.85. The van der Waals surface area contributed by atoms with E-state index in [0.29, 0.717) is 0 Å². The number of nitrogens with zero attached hydrogens (tertiary/aromatic N) is 2. The Morgan fingerprint density at radius 2 is 2.05 bits per heavy atom. The first-order valence-electron chi connectivity index (χ1n) is 7.42. The summed E-state index contributed by atoms with van der Waals surface area (Å²) >= 11 is 1.80. The number of piperidine rings is 1. The Morgan fingerprint density at radius 1 is 1.37 bits per heavy atom. The minimum atomic E-state index is 0.239. The number of rotatable bonds is 4. The SMILES string of the molecule is CCc1csc(N2CCC(CNC(C)(C)C)CC2)n1. The van der Waals surface area contributed by atoms with Crippen LogP contribution in [0.4, 0.5) is 5.13 Å². The van der Waals surface area contributed by atoms with Crippen molar-refractivity contribution < 1.29 is 0 Å². The topological polar surface area (TPSA) is 28.2 Å². The highest BCUT2D eigenvalue weighted by atomic mass is 32.1. The van der Waals surface area contributed by atoms with Gasteiger partial charge in [0.05, 0.1) is 5.69 Å². The molecule has 0 aliphatic carbocycles. The smallest absolute Gasteiger partial charge is 0.185 e. The number of anilines is 1. The molecule has 0 saturated carbocycles. The summed E-state index contributed by atoms with van der Waals surface area (Å²) in [5, 5.41) is 7.05. The number of aryl methyl sites for hydroxylation is 1. The van der Waals surface area contributed by atoms with Crippen LogP contribution in [0.15, 0.2) is 5.38 Å². The predicted molar refractivity (Wildman–Crippen MR) is 84.2 cm³/mol. The lowest BCUT2D eigenvalue weighted by atomic mass is 9.96. The summed E-state index contributed by atoms with van der Waals surface area (Å²) in [6, 6.07) is 0.